The highest BCUT2D eigenvalue weighted by atomic mass is 35.5. The third-order valence-corrected chi connectivity index (χ3v) is 7.61. The number of allylic oxidation sites excluding steroid dienone is 1. The topological polar surface area (TPSA) is 40.5 Å². The largest absolute Gasteiger partial charge is 0.478 e. The van der Waals surface area contributed by atoms with Gasteiger partial charge in [0.25, 0.3) is 0 Å². The van der Waals surface area contributed by atoms with E-state index in [0.29, 0.717) is 22.9 Å². The number of aryl methyl sites for hydroxylation is 1. The summed E-state index contributed by atoms with van der Waals surface area (Å²) in [6, 6.07) is 22.4. The summed E-state index contributed by atoms with van der Waals surface area (Å²) in [7, 11) is 0. The third-order valence-electron chi connectivity index (χ3n) is 7.38. The molecule has 1 aliphatic carbocycles. The van der Waals surface area contributed by atoms with Gasteiger partial charge in [0.1, 0.15) is 0 Å². The van der Waals surface area contributed by atoms with Gasteiger partial charge in [0, 0.05) is 24.7 Å². The van der Waals surface area contributed by atoms with Gasteiger partial charge < -0.3 is 10.0 Å². The summed E-state index contributed by atoms with van der Waals surface area (Å²) in [5.41, 5.74) is 8.47. The second kappa shape index (κ2) is 12.3. The number of benzene rings is 3. The van der Waals surface area contributed by atoms with Gasteiger partial charge in [0.05, 0.1) is 12.2 Å². The molecule has 1 saturated heterocycles. The van der Waals surface area contributed by atoms with Crippen LogP contribution in [0.5, 0.6) is 0 Å². The van der Waals surface area contributed by atoms with E-state index >= 15 is 0 Å². The van der Waals surface area contributed by atoms with E-state index in [-0.39, 0.29) is 19.1 Å². The van der Waals surface area contributed by atoms with Crippen molar-refractivity contribution < 1.29 is 14.3 Å². The van der Waals surface area contributed by atoms with Crippen LogP contribution in [0.4, 0.5) is 4.39 Å². The quantitative estimate of drug-likeness (QED) is 0.320. The van der Waals surface area contributed by atoms with Crippen LogP contribution in [-0.2, 0) is 12.8 Å². The summed E-state index contributed by atoms with van der Waals surface area (Å²) in [6.45, 7) is 2.71. The summed E-state index contributed by atoms with van der Waals surface area (Å²) < 4.78 is 12.4. The zero-order valence-electron chi connectivity index (χ0n) is 20.8. The summed E-state index contributed by atoms with van der Waals surface area (Å²) >= 11 is 6.37. The monoisotopic (exact) mass is 539 g/mol. The lowest BCUT2D eigenvalue weighted by molar-refractivity contribution is 0.0696. The lowest BCUT2D eigenvalue weighted by Gasteiger charge is -2.39. The fourth-order valence-corrected chi connectivity index (χ4v) is 5.82. The standard InChI is InChI=1S/C31H31ClFNO2.ClH/c32-27-6-1-4-25(18-27)28-7-2-5-24-17-26(31(35)36)12-13-29(24)30(28)23-10-8-21(9-11-23)16-22-19-34(20-22)15-3-14-33;/h1,4,6,8-13,17-18,22H,2-3,5,7,14-16,19-20H2,(H,35,36);1H. The summed E-state index contributed by atoms with van der Waals surface area (Å²) in [5.74, 6) is -0.268. The zero-order valence-corrected chi connectivity index (χ0v) is 22.3. The molecule has 194 valence electrons. The SMILES string of the molecule is Cl.O=C(O)c1ccc2c(c1)CCCC(c1cccc(Cl)c1)=C2c1ccc(CC2CN(CCCF)C2)cc1. The molecule has 0 spiro atoms. The van der Waals surface area contributed by atoms with Crippen molar-refractivity contribution in [3.8, 4) is 0 Å². The molecule has 1 aliphatic heterocycles. The number of hydrogen-bond donors (Lipinski definition) is 1. The molecule has 0 bridgehead atoms. The van der Waals surface area contributed by atoms with Crippen LogP contribution in [0.3, 0.4) is 0 Å². The van der Waals surface area contributed by atoms with Gasteiger partial charge in [-0.3, -0.25) is 4.39 Å². The average molecular weight is 541 g/mol. The molecular formula is C31H32Cl2FNO2. The predicted octanol–water partition coefficient (Wildman–Crippen LogP) is 7.59. The van der Waals surface area contributed by atoms with Gasteiger partial charge in [-0.1, -0.05) is 54.1 Å². The van der Waals surface area contributed by atoms with Crippen LogP contribution < -0.4 is 0 Å². The van der Waals surface area contributed by atoms with Crippen LogP contribution in [0.15, 0.2) is 66.7 Å². The molecule has 5 rings (SSSR count). The van der Waals surface area contributed by atoms with E-state index in [2.05, 4.69) is 35.2 Å². The Morgan fingerprint density at radius 2 is 1.78 bits per heavy atom. The molecule has 3 aromatic rings. The van der Waals surface area contributed by atoms with Gasteiger partial charge >= 0.3 is 5.97 Å². The molecule has 0 aromatic heterocycles. The maximum Gasteiger partial charge on any atom is 0.335 e. The van der Waals surface area contributed by atoms with Gasteiger partial charge in [-0.2, -0.15) is 0 Å². The number of alkyl halides is 1. The number of rotatable bonds is 8. The Bertz CT molecular complexity index is 1280. The lowest BCUT2D eigenvalue weighted by Crippen LogP contribution is -2.47. The maximum atomic E-state index is 12.4. The molecule has 3 nitrogen and oxygen atoms in total. The smallest absolute Gasteiger partial charge is 0.335 e. The Hall–Kier alpha value is -2.66. The number of carboxylic acids is 1. The second-order valence-corrected chi connectivity index (χ2v) is 10.4. The van der Waals surface area contributed by atoms with E-state index in [1.54, 1.807) is 6.07 Å². The molecule has 1 N–H and O–H groups in total. The summed E-state index contributed by atoms with van der Waals surface area (Å²) in [6.07, 6.45) is 4.33. The minimum atomic E-state index is -0.897. The summed E-state index contributed by atoms with van der Waals surface area (Å²) in [5, 5.41) is 10.2. The Morgan fingerprint density at radius 1 is 1.00 bits per heavy atom. The first-order chi connectivity index (χ1) is 17.5. The van der Waals surface area contributed by atoms with E-state index < -0.39 is 5.97 Å². The van der Waals surface area contributed by atoms with Crippen LogP contribution in [0.25, 0.3) is 11.1 Å². The Kier molecular flexibility index (Phi) is 9.07. The average Bonchev–Trinajstić information content (AvgIpc) is 3.05. The van der Waals surface area contributed by atoms with Crippen molar-refractivity contribution in [3.63, 3.8) is 0 Å². The molecule has 0 radical (unpaired) electrons. The number of nitrogens with zero attached hydrogens (tertiary/aromatic N) is 1. The van der Waals surface area contributed by atoms with Crippen LogP contribution in [0.1, 0.15) is 57.4 Å². The van der Waals surface area contributed by atoms with Crippen LogP contribution in [0.2, 0.25) is 5.02 Å². The first kappa shape index (κ1) is 27.4. The molecule has 37 heavy (non-hydrogen) atoms. The van der Waals surface area contributed by atoms with Crippen molar-refractivity contribution in [2.45, 2.75) is 32.1 Å². The second-order valence-electron chi connectivity index (χ2n) is 9.96. The minimum absolute atomic E-state index is 0. The fraction of sp³-hybridized carbons (Fsp3) is 0.323. The van der Waals surface area contributed by atoms with Crippen molar-refractivity contribution in [2.24, 2.45) is 5.92 Å². The molecular weight excluding hydrogens is 508 g/mol. The fourth-order valence-electron chi connectivity index (χ4n) is 5.63. The zero-order chi connectivity index (χ0) is 25.1. The molecule has 3 aromatic carbocycles. The van der Waals surface area contributed by atoms with E-state index in [4.69, 9.17) is 11.6 Å². The Balaban J connectivity index is 0.00000320. The number of fused-ring (bicyclic) bond motifs is 1. The molecule has 2 aliphatic rings. The van der Waals surface area contributed by atoms with E-state index in [9.17, 15) is 14.3 Å². The molecule has 0 amide bonds. The number of likely N-dealkylation sites (tertiary alicyclic amines) is 1. The third kappa shape index (κ3) is 6.26. The number of hydrogen-bond acceptors (Lipinski definition) is 2. The van der Waals surface area contributed by atoms with Crippen molar-refractivity contribution >= 4 is 41.1 Å². The van der Waals surface area contributed by atoms with Crippen molar-refractivity contribution in [1.29, 1.82) is 0 Å². The van der Waals surface area contributed by atoms with Gasteiger partial charge in [-0.25, -0.2) is 4.79 Å². The van der Waals surface area contributed by atoms with E-state index in [1.165, 1.54) is 11.1 Å². The molecule has 1 heterocycles. The van der Waals surface area contributed by atoms with Crippen molar-refractivity contribution in [2.75, 3.05) is 26.3 Å². The first-order valence-corrected chi connectivity index (χ1v) is 13.1. The van der Waals surface area contributed by atoms with Gasteiger partial charge in [-0.15, -0.1) is 12.4 Å². The maximum absolute atomic E-state index is 12.4. The van der Waals surface area contributed by atoms with E-state index in [1.807, 2.05) is 30.3 Å². The van der Waals surface area contributed by atoms with Crippen molar-refractivity contribution in [1.82, 2.24) is 4.90 Å². The normalized spacial score (nSPS) is 15.9. The van der Waals surface area contributed by atoms with Gasteiger partial charge in [-0.05, 0) is 101 Å². The van der Waals surface area contributed by atoms with E-state index in [0.717, 1.165) is 73.1 Å². The molecule has 0 saturated carbocycles. The van der Waals surface area contributed by atoms with Crippen LogP contribution >= 0.6 is 24.0 Å². The molecule has 6 heteroatoms. The highest BCUT2D eigenvalue weighted by Gasteiger charge is 2.26. The molecule has 0 atom stereocenters. The van der Waals surface area contributed by atoms with Gasteiger partial charge in [0.15, 0.2) is 0 Å². The number of carbonyl (C=O) groups is 1. The van der Waals surface area contributed by atoms with Gasteiger partial charge in [0.2, 0.25) is 0 Å². The predicted molar refractivity (Wildman–Crippen MR) is 152 cm³/mol. The van der Waals surface area contributed by atoms with Crippen LogP contribution in [0, 0.1) is 5.92 Å². The number of aromatic carboxylic acids is 1. The number of halogens is 3. The van der Waals surface area contributed by atoms with Crippen LogP contribution in [-0.4, -0.2) is 42.3 Å². The first-order valence-electron chi connectivity index (χ1n) is 12.7. The Labute approximate surface area is 229 Å². The number of carboxylic acid groups (broad SMARTS) is 1. The highest BCUT2D eigenvalue weighted by molar-refractivity contribution is 6.30. The molecule has 0 unspecified atom stereocenters. The highest BCUT2D eigenvalue weighted by Crippen LogP contribution is 2.40. The van der Waals surface area contributed by atoms with Crippen molar-refractivity contribution in [3.05, 3.63) is 105 Å². The Morgan fingerprint density at radius 3 is 2.49 bits per heavy atom. The minimum Gasteiger partial charge on any atom is -0.478 e. The summed E-state index contributed by atoms with van der Waals surface area (Å²) in [4.78, 5) is 14.0. The lowest BCUT2D eigenvalue weighted by atomic mass is 9.86. The molecule has 1 fully saturated rings.